The van der Waals surface area contributed by atoms with Crippen LogP contribution in [0.25, 0.3) is 0 Å². The van der Waals surface area contributed by atoms with E-state index in [-0.39, 0.29) is 0 Å². The van der Waals surface area contributed by atoms with Gasteiger partial charge in [-0.25, -0.2) is 0 Å². The molecule has 0 saturated carbocycles. The number of para-hydroxylation sites is 2. The zero-order chi connectivity index (χ0) is 11.2. The van der Waals surface area contributed by atoms with Crippen molar-refractivity contribution in [3.05, 3.63) is 24.3 Å². The third-order valence-corrected chi connectivity index (χ3v) is 2.97. The lowest BCUT2D eigenvalue weighted by molar-refractivity contribution is 0.193. The van der Waals surface area contributed by atoms with Crippen LogP contribution < -0.4 is 10.2 Å². The number of benzene rings is 1. The fraction of sp³-hybridized carbons (Fsp3) is 0.538. The number of hydrogen-bond acceptors (Lipinski definition) is 3. The van der Waals surface area contributed by atoms with Crippen LogP contribution in [-0.2, 0) is 4.74 Å². The number of rotatable bonds is 5. The minimum atomic E-state index is 0.869. The first-order chi connectivity index (χ1) is 7.92. The molecule has 2 rings (SSSR count). The van der Waals surface area contributed by atoms with Gasteiger partial charge in [-0.3, -0.25) is 0 Å². The van der Waals surface area contributed by atoms with E-state index in [1.54, 1.807) is 7.11 Å². The molecule has 0 bridgehead atoms. The van der Waals surface area contributed by atoms with E-state index >= 15 is 0 Å². The zero-order valence-electron chi connectivity index (χ0n) is 9.91. The Kier molecular flexibility index (Phi) is 4.05. The average molecular weight is 220 g/mol. The van der Waals surface area contributed by atoms with Crippen molar-refractivity contribution in [1.82, 2.24) is 0 Å². The quantitative estimate of drug-likeness (QED) is 0.771. The normalized spacial score (nSPS) is 14.4. The number of anilines is 2. The van der Waals surface area contributed by atoms with E-state index in [9.17, 15) is 0 Å². The third kappa shape index (κ3) is 2.67. The molecule has 3 heteroatoms. The molecule has 0 aliphatic carbocycles. The molecule has 0 atom stereocenters. The lowest BCUT2D eigenvalue weighted by Crippen LogP contribution is -2.34. The molecule has 0 saturated heterocycles. The summed E-state index contributed by atoms with van der Waals surface area (Å²) in [5, 5.41) is 3.43. The number of methoxy groups -OCH3 is 1. The van der Waals surface area contributed by atoms with Crippen LogP contribution in [0.15, 0.2) is 24.3 Å². The Morgan fingerprint density at radius 2 is 2.19 bits per heavy atom. The van der Waals surface area contributed by atoms with E-state index < -0.39 is 0 Å². The third-order valence-electron chi connectivity index (χ3n) is 2.97. The van der Waals surface area contributed by atoms with Crippen LogP contribution >= 0.6 is 0 Å². The number of hydrogen-bond donors (Lipinski definition) is 1. The minimum Gasteiger partial charge on any atom is -0.385 e. The molecule has 1 aliphatic heterocycles. The highest BCUT2D eigenvalue weighted by Gasteiger charge is 2.14. The second-order valence-corrected chi connectivity index (χ2v) is 4.13. The maximum Gasteiger partial charge on any atom is 0.0602 e. The lowest BCUT2D eigenvalue weighted by Gasteiger charge is -2.32. The summed E-state index contributed by atoms with van der Waals surface area (Å²) in [7, 11) is 1.76. The van der Waals surface area contributed by atoms with Crippen LogP contribution in [0, 0.1) is 0 Å². The van der Waals surface area contributed by atoms with Gasteiger partial charge in [-0.1, -0.05) is 12.1 Å². The molecule has 0 unspecified atom stereocenters. The average Bonchev–Trinajstić information content (AvgIpc) is 2.35. The van der Waals surface area contributed by atoms with Gasteiger partial charge in [-0.05, 0) is 25.0 Å². The highest BCUT2D eigenvalue weighted by Crippen LogP contribution is 2.28. The van der Waals surface area contributed by atoms with E-state index in [1.165, 1.54) is 17.8 Å². The largest absolute Gasteiger partial charge is 0.385 e. The molecule has 0 aromatic heterocycles. The summed E-state index contributed by atoms with van der Waals surface area (Å²) >= 11 is 0. The van der Waals surface area contributed by atoms with Gasteiger partial charge in [0.2, 0.25) is 0 Å². The van der Waals surface area contributed by atoms with Gasteiger partial charge in [0.25, 0.3) is 0 Å². The molecule has 16 heavy (non-hydrogen) atoms. The fourth-order valence-corrected chi connectivity index (χ4v) is 2.13. The van der Waals surface area contributed by atoms with Crippen molar-refractivity contribution in [2.24, 2.45) is 0 Å². The lowest BCUT2D eigenvalue weighted by atomic mass is 10.2. The van der Waals surface area contributed by atoms with Gasteiger partial charge >= 0.3 is 0 Å². The van der Waals surface area contributed by atoms with Gasteiger partial charge in [-0.15, -0.1) is 0 Å². The van der Waals surface area contributed by atoms with Crippen LogP contribution in [-0.4, -0.2) is 33.4 Å². The predicted octanol–water partition coefficient (Wildman–Crippen LogP) is 2.35. The Morgan fingerprint density at radius 3 is 3.06 bits per heavy atom. The molecule has 1 heterocycles. The molecule has 88 valence electrons. The monoisotopic (exact) mass is 220 g/mol. The van der Waals surface area contributed by atoms with Gasteiger partial charge < -0.3 is 15.0 Å². The van der Waals surface area contributed by atoms with Crippen molar-refractivity contribution in [2.75, 3.05) is 43.6 Å². The van der Waals surface area contributed by atoms with Crippen LogP contribution in [0.1, 0.15) is 12.8 Å². The van der Waals surface area contributed by atoms with Crippen molar-refractivity contribution in [1.29, 1.82) is 0 Å². The Morgan fingerprint density at radius 1 is 1.31 bits per heavy atom. The molecule has 0 amide bonds. The van der Waals surface area contributed by atoms with Gasteiger partial charge in [0.15, 0.2) is 0 Å². The second kappa shape index (κ2) is 5.75. The molecule has 0 spiro atoms. The van der Waals surface area contributed by atoms with Gasteiger partial charge in [0.05, 0.1) is 11.4 Å². The SMILES string of the molecule is COCCCCN1CCNc2ccccc21. The summed E-state index contributed by atoms with van der Waals surface area (Å²) in [6.07, 6.45) is 2.34. The number of nitrogens with zero attached hydrogens (tertiary/aromatic N) is 1. The molecule has 1 aromatic rings. The van der Waals surface area contributed by atoms with Crippen molar-refractivity contribution < 1.29 is 4.74 Å². The van der Waals surface area contributed by atoms with E-state index in [2.05, 4.69) is 34.5 Å². The fourth-order valence-electron chi connectivity index (χ4n) is 2.13. The Bertz CT molecular complexity index is 327. The molecular formula is C13H20N2O. The summed E-state index contributed by atoms with van der Waals surface area (Å²) in [5.74, 6) is 0. The van der Waals surface area contributed by atoms with E-state index in [0.717, 1.165) is 32.7 Å². The van der Waals surface area contributed by atoms with Gasteiger partial charge in [0.1, 0.15) is 0 Å². The highest BCUT2D eigenvalue weighted by molar-refractivity contribution is 5.71. The maximum atomic E-state index is 5.07. The number of unbranched alkanes of at least 4 members (excludes halogenated alkanes) is 1. The van der Waals surface area contributed by atoms with Crippen molar-refractivity contribution in [3.8, 4) is 0 Å². The summed E-state index contributed by atoms with van der Waals surface area (Å²) in [6, 6.07) is 8.53. The maximum absolute atomic E-state index is 5.07. The van der Waals surface area contributed by atoms with Crippen molar-refractivity contribution >= 4 is 11.4 Å². The van der Waals surface area contributed by atoms with Gasteiger partial charge in [0, 0.05) is 33.4 Å². The smallest absolute Gasteiger partial charge is 0.0602 e. The first kappa shape index (κ1) is 11.3. The summed E-state index contributed by atoms with van der Waals surface area (Å²) in [5.41, 5.74) is 2.60. The molecule has 1 aromatic carbocycles. The molecular weight excluding hydrogens is 200 g/mol. The summed E-state index contributed by atoms with van der Waals surface area (Å²) < 4.78 is 5.07. The first-order valence-electron chi connectivity index (χ1n) is 5.98. The Labute approximate surface area is 97.4 Å². The molecule has 3 nitrogen and oxygen atoms in total. The predicted molar refractivity (Wildman–Crippen MR) is 68.3 cm³/mol. The molecule has 0 radical (unpaired) electrons. The van der Waals surface area contributed by atoms with Gasteiger partial charge in [-0.2, -0.15) is 0 Å². The second-order valence-electron chi connectivity index (χ2n) is 4.13. The van der Waals surface area contributed by atoms with Crippen LogP contribution in [0.3, 0.4) is 0 Å². The van der Waals surface area contributed by atoms with Crippen molar-refractivity contribution in [3.63, 3.8) is 0 Å². The minimum absolute atomic E-state index is 0.869. The Balaban J connectivity index is 1.91. The molecule has 1 aliphatic rings. The van der Waals surface area contributed by atoms with Crippen LogP contribution in [0.5, 0.6) is 0 Å². The van der Waals surface area contributed by atoms with E-state index in [1.807, 2.05) is 0 Å². The van der Waals surface area contributed by atoms with E-state index in [0.29, 0.717) is 0 Å². The van der Waals surface area contributed by atoms with Crippen LogP contribution in [0.4, 0.5) is 11.4 Å². The zero-order valence-corrected chi connectivity index (χ0v) is 9.91. The van der Waals surface area contributed by atoms with E-state index in [4.69, 9.17) is 4.74 Å². The topological polar surface area (TPSA) is 24.5 Å². The standard InChI is InChI=1S/C13H20N2O/c1-16-11-5-4-9-15-10-8-14-12-6-2-3-7-13(12)15/h2-3,6-7,14H,4-5,8-11H2,1H3. The first-order valence-corrected chi connectivity index (χ1v) is 5.98. The molecule has 0 fully saturated rings. The van der Waals surface area contributed by atoms with Crippen molar-refractivity contribution in [2.45, 2.75) is 12.8 Å². The highest BCUT2D eigenvalue weighted by atomic mass is 16.5. The number of nitrogens with one attached hydrogen (secondary N) is 1. The summed E-state index contributed by atoms with van der Waals surface area (Å²) in [6.45, 7) is 4.14. The number of fused-ring (bicyclic) bond motifs is 1. The number of ether oxygens (including phenoxy) is 1. The molecule has 1 N–H and O–H groups in total. The summed E-state index contributed by atoms with van der Waals surface area (Å²) in [4.78, 5) is 2.46. The Hall–Kier alpha value is -1.22. The van der Waals surface area contributed by atoms with Crippen LogP contribution in [0.2, 0.25) is 0 Å².